The van der Waals surface area contributed by atoms with Gasteiger partial charge in [0.15, 0.2) is 0 Å². The first-order valence-electron chi connectivity index (χ1n) is 5.73. The predicted molar refractivity (Wildman–Crippen MR) is 60.2 cm³/mol. The lowest BCUT2D eigenvalue weighted by atomic mass is 10.1. The molecule has 1 atom stereocenters. The van der Waals surface area contributed by atoms with E-state index in [4.69, 9.17) is 9.84 Å². The van der Waals surface area contributed by atoms with Gasteiger partial charge in [-0.05, 0) is 26.3 Å². The van der Waals surface area contributed by atoms with E-state index in [1.54, 1.807) is 6.92 Å². The molecule has 0 aliphatic rings. The number of hydrogen-bond donors (Lipinski definition) is 2. The van der Waals surface area contributed by atoms with Gasteiger partial charge in [-0.15, -0.1) is 0 Å². The summed E-state index contributed by atoms with van der Waals surface area (Å²) in [5, 5.41) is 11.8. The lowest BCUT2D eigenvalue weighted by Gasteiger charge is -2.12. The van der Waals surface area contributed by atoms with Crippen molar-refractivity contribution < 1.29 is 19.4 Å². The number of carboxylic acids is 1. The van der Waals surface area contributed by atoms with Crippen molar-refractivity contribution in [1.82, 2.24) is 5.32 Å². The van der Waals surface area contributed by atoms with Crippen LogP contribution < -0.4 is 5.32 Å². The summed E-state index contributed by atoms with van der Waals surface area (Å²) in [6, 6.07) is -0.507. The Morgan fingerprint density at radius 2 is 2.06 bits per heavy atom. The maximum atomic E-state index is 11.0. The highest BCUT2D eigenvalue weighted by molar-refractivity contribution is 5.73. The van der Waals surface area contributed by atoms with Crippen LogP contribution >= 0.6 is 0 Å². The van der Waals surface area contributed by atoms with Crippen molar-refractivity contribution >= 4 is 11.9 Å². The second kappa shape index (κ2) is 9.15. The number of nitrogens with one attached hydrogen (secondary N) is 1. The van der Waals surface area contributed by atoms with Gasteiger partial charge in [0.05, 0.1) is 6.61 Å². The molecule has 0 rings (SSSR count). The summed E-state index contributed by atoms with van der Waals surface area (Å²) in [5.41, 5.74) is 0. The van der Waals surface area contributed by atoms with Crippen molar-refractivity contribution in [2.24, 2.45) is 0 Å². The first-order valence-corrected chi connectivity index (χ1v) is 5.73. The molecule has 0 aliphatic carbocycles. The van der Waals surface area contributed by atoms with E-state index in [0.717, 1.165) is 6.42 Å². The quantitative estimate of drug-likeness (QED) is 0.460. The van der Waals surface area contributed by atoms with Crippen LogP contribution in [0.1, 0.15) is 39.5 Å². The Bertz CT molecular complexity index is 218. The van der Waals surface area contributed by atoms with Gasteiger partial charge < -0.3 is 15.2 Å². The summed E-state index contributed by atoms with van der Waals surface area (Å²) in [4.78, 5) is 21.7. The SMILES string of the molecule is CCCC(NCCCC(=O)OCC)C(=O)O. The van der Waals surface area contributed by atoms with Crippen LogP contribution in [0.5, 0.6) is 0 Å². The number of carboxylic acid groups (broad SMARTS) is 1. The number of hydrogen-bond acceptors (Lipinski definition) is 4. The minimum atomic E-state index is -0.835. The lowest BCUT2D eigenvalue weighted by molar-refractivity contribution is -0.143. The molecule has 0 aromatic carbocycles. The fourth-order valence-corrected chi connectivity index (χ4v) is 1.34. The number of aliphatic carboxylic acids is 1. The molecule has 0 fully saturated rings. The van der Waals surface area contributed by atoms with Crippen molar-refractivity contribution in [1.29, 1.82) is 0 Å². The van der Waals surface area contributed by atoms with Crippen LogP contribution in [0.15, 0.2) is 0 Å². The summed E-state index contributed by atoms with van der Waals surface area (Å²) in [6.07, 6.45) is 2.36. The van der Waals surface area contributed by atoms with Crippen LogP contribution in [0, 0.1) is 0 Å². The molecule has 5 nitrogen and oxygen atoms in total. The molecular weight excluding hydrogens is 210 g/mol. The van der Waals surface area contributed by atoms with Crippen LogP contribution in [-0.4, -0.2) is 36.2 Å². The van der Waals surface area contributed by atoms with Crippen molar-refractivity contribution in [2.75, 3.05) is 13.2 Å². The Morgan fingerprint density at radius 1 is 1.38 bits per heavy atom. The highest BCUT2D eigenvalue weighted by Crippen LogP contribution is 1.98. The highest BCUT2D eigenvalue weighted by atomic mass is 16.5. The zero-order chi connectivity index (χ0) is 12.4. The molecule has 0 heterocycles. The van der Waals surface area contributed by atoms with Gasteiger partial charge in [-0.25, -0.2) is 0 Å². The van der Waals surface area contributed by atoms with Crippen LogP contribution in [0.2, 0.25) is 0 Å². The molecule has 0 radical (unpaired) electrons. The van der Waals surface area contributed by atoms with E-state index in [-0.39, 0.29) is 5.97 Å². The number of ether oxygens (including phenoxy) is 1. The Kier molecular flexibility index (Phi) is 8.52. The number of carbonyl (C=O) groups excluding carboxylic acids is 1. The zero-order valence-corrected chi connectivity index (χ0v) is 9.99. The first-order chi connectivity index (χ1) is 7.61. The molecule has 0 bridgehead atoms. The average Bonchev–Trinajstić information content (AvgIpc) is 2.22. The number of rotatable bonds is 9. The smallest absolute Gasteiger partial charge is 0.320 e. The molecule has 94 valence electrons. The summed E-state index contributed by atoms with van der Waals surface area (Å²) < 4.78 is 4.76. The van der Waals surface area contributed by atoms with Gasteiger partial charge in [0, 0.05) is 6.42 Å². The molecule has 0 saturated heterocycles. The van der Waals surface area contributed by atoms with Gasteiger partial charge >= 0.3 is 11.9 Å². The van der Waals surface area contributed by atoms with E-state index in [9.17, 15) is 9.59 Å². The van der Waals surface area contributed by atoms with Gasteiger partial charge in [0.1, 0.15) is 6.04 Å². The summed E-state index contributed by atoms with van der Waals surface area (Å²) in [6.45, 7) is 4.61. The Hall–Kier alpha value is -1.10. The van der Waals surface area contributed by atoms with Gasteiger partial charge in [-0.1, -0.05) is 13.3 Å². The van der Waals surface area contributed by atoms with Gasteiger partial charge in [-0.2, -0.15) is 0 Å². The molecular formula is C11H21NO4. The van der Waals surface area contributed by atoms with Crippen molar-refractivity contribution in [2.45, 2.75) is 45.6 Å². The van der Waals surface area contributed by atoms with Crippen molar-refractivity contribution in [3.8, 4) is 0 Å². The number of esters is 1. The molecule has 0 aliphatic heterocycles. The highest BCUT2D eigenvalue weighted by Gasteiger charge is 2.14. The van der Waals surface area contributed by atoms with Crippen molar-refractivity contribution in [3.63, 3.8) is 0 Å². The molecule has 0 spiro atoms. The standard InChI is InChI=1S/C11H21NO4/c1-3-6-9(11(14)15)12-8-5-7-10(13)16-4-2/h9,12H,3-8H2,1-2H3,(H,14,15). The zero-order valence-electron chi connectivity index (χ0n) is 9.99. The van der Waals surface area contributed by atoms with E-state index in [2.05, 4.69) is 5.32 Å². The monoisotopic (exact) mass is 231 g/mol. The van der Waals surface area contributed by atoms with E-state index in [0.29, 0.717) is 32.4 Å². The topological polar surface area (TPSA) is 75.6 Å². The number of carbonyl (C=O) groups is 2. The third-order valence-corrected chi connectivity index (χ3v) is 2.13. The van der Waals surface area contributed by atoms with Crippen molar-refractivity contribution in [3.05, 3.63) is 0 Å². The Morgan fingerprint density at radius 3 is 2.56 bits per heavy atom. The minimum absolute atomic E-state index is 0.230. The summed E-state index contributed by atoms with van der Waals surface area (Å²) >= 11 is 0. The average molecular weight is 231 g/mol. The molecule has 0 aromatic rings. The normalized spacial score (nSPS) is 12.1. The Balaban J connectivity index is 3.62. The van der Waals surface area contributed by atoms with Gasteiger partial charge in [-0.3, -0.25) is 9.59 Å². The molecule has 16 heavy (non-hydrogen) atoms. The first kappa shape index (κ1) is 14.9. The summed E-state index contributed by atoms with van der Waals surface area (Å²) in [7, 11) is 0. The third kappa shape index (κ3) is 7.23. The fourth-order valence-electron chi connectivity index (χ4n) is 1.34. The van der Waals surface area contributed by atoms with Crippen LogP contribution in [0.4, 0.5) is 0 Å². The summed E-state index contributed by atoms with van der Waals surface area (Å²) in [5.74, 6) is -1.07. The van der Waals surface area contributed by atoms with E-state index in [1.807, 2.05) is 6.92 Å². The van der Waals surface area contributed by atoms with E-state index >= 15 is 0 Å². The molecule has 0 amide bonds. The molecule has 1 unspecified atom stereocenters. The second-order valence-electron chi connectivity index (χ2n) is 3.54. The Labute approximate surface area is 96.2 Å². The van der Waals surface area contributed by atoms with Crippen LogP contribution in [-0.2, 0) is 14.3 Å². The third-order valence-electron chi connectivity index (χ3n) is 2.13. The molecule has 0 aromatic heterocycles. The molecule has 0 saturated carbocycles. The fraction of sp³-hybridized carbons (Fsp3) is 0.818. The molecule has 5 heteroatoms. The van der Waals surface area contributed by atoms with Crippen LogP contribution in [0.25, 0.3) is 0 Å². The second-order valence-corrected chi connectivity index (χ2v) is 3.54. The van der Waals surface area contributed by atoms with E-state index < -0.39 is 12.0 Å². The molecule has 2 N–H and O–H groups in total. The van der Waals surface area contributed by atoms with Gasteiger partial charge in [0.25, 0.3) is 0 Å². The minimum Gasteiger partial charge on any atom is -0.480 e. The van der Waals surface area contributed by atoms with Gasteiger partial charge in [0.2, 0.25) is 0 Å². The lowest BCUT2D eigenvalue weighted by Crippen LogP contribution is -2.37. The maximum Gasteiger partial charge on any atom is 0.320 e. The predicted octanol–water partition coefficient (Wildman–Crippen LogP) is 1.17. The van der Waals surface area contributed by atoms with E-state index in [1.165, 1.54) is 0 Å². The maximum absolute atomic E-state index is 11.0. The van der Waals surface area contributed by atoms with Crippen LogP contribution in [0.3, 0.4) is 0 Å². The largest absolute Gasteiger partial charge is 0.480 e.